The van der Waals surface area contributed by atoms with Gasteiger partial charge in [0.25, 0.3) is 0 Å². The van der Waals surface area contributed by atoms with Gasteiger partial charge in [-0.3, -0.25) is 9.59 Å². The van der Waals surface area contributed by atoms with Gasteiger partial charge in [-0.25, -0.2) is 9.59 Å². The number of ether oxygens (including phenoxy) is 2. The first-order valence-electron chi connectivity index (χ1n) is 17.3. The average molecular weight is 693 g/mol. The summed E-state index contributed by atoms with van der Waals surface area (Å²) in [5.74, 6) is 1.60. The molecule has 1 fully saturated rings. The van der Waals surface area contributed by atoms with Crippen molar-refractivity contribution in [2.45, 2.75) is 59.5 Å². The second kappa shape index (κ2) is 19.5. The van der Waals surface area contributed by atoms with Crippen LogP contribution in [0.2, 0.25) is 0 Å². The Labute approximate surface area is 300 Å². The zero-order valence-corrected chi connectivity index (χ0v) is 29.9. The van der Waals surface area contributed by atoms with Crippen molar-refractivity contribution in [2.24, 2.45) is 0 Å². The molecule has 0 spiro atoms. The predicted molar refractivity (Wildman–Crippen MR) is 201 cm³/mol. The Hall–Kier alpha value is -5.64. The Morgan fingerprint density at radius 3 is 1.65 bits per heavy atom. The molecule has 4 aromatic carbocycles. The standard InChI is InChI=1S/C21H24N2O3.C20H24N2O3/c1-15-3-7-18(8-4-15)22-21(25)23-13-11-20(12-14-23)26-19-9-5-17(6-10-19)16(2)24;1-15-5-9-18(10-6-15)22-20(24)21-13-3-4-14-25-19-11-7-17(8-12-19)16(2)23/h3-10,20H,11-14H2,1-2H3,(H,22,25);5-12H,3-4,13-14H2,1-2H3,(H2,21,22,24). The van der Waals surface area contributed by atoms with E-state index in [0.717, 1.165) is 59.7 Å². The van der Waals surface area contributed by atoms with E-state index in [1.807, 2.05) is 79.4 Å². The van der Waals surface area contributed by atoms with Crippen LogP contribution in [0, 0.1) is 13.8 Å². The lowest BCUT2D eigenvalue weighted by atomic mass is 10.1. The van der Waals surface area contributed by atoms with Crippen LogP contribution >= 0.6 is 0 Å². The zero-order chi connectivity index (χ0) is 36.6. The second-order valence-corrected chi connectivity index (χ2v) is 12.6. The van der Waals surface area contributed by atoms with Gasteiger partial charge < -0.3 is 30.3 Å². The van der Waals surface area contributed by atoms with Crippen molar-refractivity contribution in [3.63, 3.8) is 0 Å². The lowest BCUT2D eigenvalue weighted by molar-refractivity contribution is 0.100. The first kappa shape index (κ1) is 38.2. The molecule has 1 aliphatic heterocycles. The number of nitrogens with zero attached hydrogens (tertiary/aromatic N) is 1. The number of urea groups is 2. The van der Waals surface area contributed by atoms with Crippen molar-refractivity contribution < 1.29 is 28.7 Å². The van der Waals surface area contributed by atoms with Crippen LogP contribution in [0.1, 0.15) is 71.4 Å². The monoisotopic (exact) mass is 692 g/mol. The van der Waals surface area contributed by atoms with Gasteiger partial charge in [-0.15, -0.1) is 0 Å². The fourth-order valence-corrected chi connectivity index (χ4v) is 5.19. The van der Waals surface area contributed by atoms with Gasteiger partial charge >= 0.3 is 12.1 Å². The number of likely N-dealkylation sites (tertiary alicyclic amines) is 1. The van der Waals surface area contributed by atoms with Crippen LogP contribution in [0.5, 0.6) is 11.5 Å². The number of benzene rings is 4. The summed E-state index contributed by atoms with van der Waals surface area (Å²) in [6.45, 7) is 9.59. The Morgan fingerprint density at radius 2 is 1.14 bits per heavy atom. The van der Waals surface area contributed by atoms with E-state index in [1.54, 1.807) is 43.3 Å². The number of carbonyl (C=O) groups is 4. The molecule has 4 aromatic rings. The summed E-state index contributed by atoms with van der Waals surface area (Å²) in [6.07, 6.45) is 3.32. The first-order valence-corrected chi connectivity index (χ1v) is 17.3. The highest BCUT2D eigenvalue weighted by atomic mass is 16.5. The molecule has 10 nitrogen and oxygen atoms in total. The molecule has 3 N–H and O–H groups in total. The maximum absolute atomic E-state index is 12.4. The molecule has 0 saturated carbocycles. The van der Waals surface area contributed by atoms with Gasteiger partial charge in [-0.2, -0.15) is 0 Å². The van der Waals surface area contributed by atoms with Crippen LogP contribution in [0.15, 0.2) is 97.1 Å². The van der Waals surface area contributed by atoms with Crippen LogP contribution in [-0.4, -0.2) is 60.9 Å². The van der Waals surface area contributed by atoms with Gasteiger partial charge in [-0.1, -0.05) is 35.4 Å². The summed E-state index contributed by atoms with van der Waals surface area (Å²) >= 11 is 0. The largest absolute Gasteiger partial charge is 0.494 e. The Bertz CT molecular complexity index is 1710. The molecule has 51 heavy (non-hydrogen) atoms. The van der Waals surface area contributed by atoms with E-state index >= 15 is 0 Å². The third-order valence-corrected chi connectivity index (χ3v) is 8.29. The number of piperidine rings is 1. The Kier molecular flexibility index (Phi) is 14.6. The third kappa shape index (κ3) is 13.3. The molecule has 268 valence electrons. The molecule has 4 amide bonds. The zero-order valence-electron chi connectivity index (χ0n) is 29.9. The van der Waals surface area contributed by atoms with E-state index in [-0.39, 0.29) is 29.7 Å². The van der Waals surface area contributed by atoms with Gasteiger partial charge in [0.1, 0.15) is 17.6 Å². The number of carbonyl (C=O) groups excluding carboxylic acids is 4. The molecule has 10 heteroatoms. The topological polar surface area (TPSA) is 126 Å². The van der Waals surface area contributed by atoms with E-state index in [9.17, 15) is 19.2 Å². The van der Waals surface area contributed by atoms with E-state index in [1.165, 1.54) is 6.92 Å². The Balaban J connectivity index is 0.000000229. The fourth-order valence-electron chi connectivity index (χ4n) is 5.19. The van der Waals surface area contributed by atoms with Gasteiger partial charge in [0, 0.05) is 55.0 Å². The quantitative estimate of drug-likeness (QED) is 0.101. The van der Waals surface area contributed by atoms with E-state index in [2.05, 4.69) is 16.0 Å². The van der Waals surface area contributed by atoms with Gasteiger partial charge in [0.05, 0.1) is 6.61 Å². The molecule has 0 aliphatic carbocycles. The molecule has 1 saturated heterocycles. The molecule has 0 radical (unpaired) electrons. The number of amides is 4. The van der Waals surface area contributed by atoms with Gasteiger partial charge in [0.2, 0.25) is 0 Å². The molecule has 0 aromatic heterocycles. The van der Waals surface area contributed by atoms with E-state index in [4.69, 9.17) is 9.47 Å². The first-order chi connectivity index (χ1) is 24.5. The SMILES string of the molecule is CC(=O)c1ccc(OC2CCN(C(=O)Nc3ccc(C)cc3)CC2)cc1.CC(=O)c1ccc(OCCCCNC(=O)Nc2ccc(C)cc2)cc1. The molecule has 0 unspecified atom stereocenters. The maximum Gasteiger partial charge on any atom is 0.321 e. The number of aryl methyl sites for hydroxylation is 2. The van der Waals surface area contributed by atoms with Crippen molar-refractivity contribution in [2.75, 3.05) is 36.9 Å². The normalized spacial score (nSPS) is 12.5. The lowest BCUT2D eigenvalue weighted by Crippen LogP contribution is -2.43. The number of hydrogen-bond donors (Lipinski definition) is 3. The Morgan fingerprint density at radius 1 is 0.647 bits per heavy atom. The molecule has 0 atom stereocenters. The smallest absolute Gasteiger partial charge is 0.321 e. The van der Waals surface area contributed by atoms with Crippen molar-refractivity contribution in [1.29, 1.82) is 0 Å². The minimum atomic E-state index is -0.204. The van der Waals surface area contributed by atoms with E-state index in [0.29, 0.717) is 37.4 Å². The van der Waals surface area contributed by atoms with Gasteiger partial charge in [0.15, 0.2) is 11.6 Å². The lowest BCUT2D eigenvalue weighted by Gasteiger charge is -2.32. The van der Waals surface area contributed by atoms with Crippen LogP contribution in [0.3, 0.4) is 0 Å². The summed E-state index contributed by atoms with van der Waals surface area (Å²) in [5.41, 5.74) is 5.26. The number of Topliss-reactive ketones (excluding diaryl/α,β-unsaturated/α-hetero) is 2. The van der Waals surface area contributed by atoms with Crippen LogP contribution in [0.4, 0.5) is 21.0 Å². The number of nitrogens with one attached hydrogen (secondary N) is 3. The number of rotatable bonds is 12. The number of anilines is 2. The number of ketones is 2. The van der Waals surface area contributed by atoms with Crippen molar-refractivity contribution in [3.05, 3.63) is 119 Å². The minimum Gasteiger partial charge on any atom is -0.494 e. The molecule has 0 bridgehead atoms. The highest BCUT2D eigenvalue weighted by Crippen LogP contribution is 2.21. The summed E-state index contributed by atoms with van der Waals surface area (Å²) in [5, 5.41) is 8.55. The molecular weight excluding hydrogens is 644 g/mol. The summed E-state index contributed by atoms with van der Waals surface area (Å²) in [6, 6.07) is 29.5. The summed E-state index contributed by atoms with van der Waals surface area (Å²) in [4.78, 5) is 48.4. The van der Waals surface area contributed by atoms with Crippen molar-refractivity contribution >= 4 is 35.0 Å². The highest BCUT2D eigenvalue weighted by Gasteiger charge is 2.24. The summed E-state index contributed by atoms with van der Waals surface area (Å²) in [7, 11) is 0. The van der Waals surface area contributed by atoms with Crippen LogP contribution in [-0.2, 0) is 0 Å². The minimum absolute atomic E-state index is 0.0431. The molecule has 5 rings (SSSR count). The van der Waals surface area contributed by atoms with Gasteiger partial charge in [-0.05, 0) is 113 Å². The maximum atomic E-state index is 12.4. The molecule has 1 aliphatic rings. The second-order valence-electron chi connectivity index (χ2n) is 12.6. The highest BCUT2D eigenvalue weighted by molar-refractivity contribution is 5.94. The van der Waals surface area contributed by atoms with E-state index < -0.39 is 0 Å². The summed E-state index contributed by atoms with van der Waals surface area (Å²) < 4.78 is 11.6. The number of unbranched alkanes of at least 4 members (excludes halogenated alkanes) is 1. The molecule has 1 heterocycles. The van der Waals surface area contributed by atoms with Crippen molar-refractivity contribution in [3.8, 4) is 11.5 Å². The van der Waals surface area contributed by atoms with Crippen molar-refractivity contribution in [1.82, 2.24) is 10.2 Å². The average Bonchev–Trinajstić information content (AvgIpc) is 3.12. The number of hydrogen-bond acceptors (Lipinski definition) is 6. The van der Waals surface area contributed by atoms with Crippen LogP contribution in [0.25, 0.3) is 0 Å². The third-order valence-electron chi connectivity index (χ3n) is 8.29. The van der Waals surface area contributed by atoms with Crippen LogP contribution < -0.4 is 25.4 Å². The molecular formula is C41H48N4O6. The predicted octanol–water partition coefficient (Wildman–Crippen LogP) is 8.45. The fraction of sp³-hybridized carbons (Fsp3) is 0.317.